The Morgan fingerprint density at radius 2 is 1.86 bits per heavy atom. The van der Waals surface area contributed by atoms with Crippen LogP contribution in [0.2, 0.25) is 0 Å². The van der Waals surface area contributed by atoms with Crippen LogP contribution in [0.5, 0.6) is 0 Å². The molecule has 0 spiro atoms. The van der Waals surface area contributed by atoms with Crippen molar-refractivity contribution in [3.8, 4) is 12.3 Å². The van der Waals surface area contributed by atoms with Crippen molar-refractivity contribution in [1.82, 2.24) is 5.32 Å². The van der Waals surface area contributed by atoms with E-state index in [2.05, 4.69) is 45.2 Å². The molecular formula is C13H19N. The second-order valence-electron chi connectivity index (χ2n) is 4.18. The van der Waals surface area contributed by atoms with E-state index in [4.69, 9.17) is 6.42 Å². The predicted molar refractivity (Wildman–Crippen MR) is 63.8 cm³/mol. The Morgan fingerprint density at radius 1 is 1.36 bits per heavy atom. The van der Waals surface area contributed by atoms with Crippen molar-refractivity contribution < 1.29 is 0 Å². The SMILES string of the molecule is C#C/C(=C/C)C(=C)C(=C)NC(C)(C)C. The van der Waals surface area contributed by atoms with Gasteiger partial charge < -0.3 is 5.32 Å². The van der Waals surface area contributed by atoms with E-state index in [0.717, 1.165) is 16.8 Å². The first-order valence-electron chi connectivity index (χ1n) is 4.61. The first-order valence-corrected chi connectivity index (χ1v) is 4.61. The molecule has 0 aromatic carbocycles. The maximum atomic E-state index is 5.34. The summed E-state index contributed by atoms with van der Waals surface area (Å²) in [5, 5.41) is 3.24. The van der Waals surface area contributed by atoms with Crippen LogP contribution in [-0.4, -0.2) is 5.54 Å². The van der Waals surface area contributed by atoms with Gasteiger partial charge >= 0.3 is 0 Å². The standard InChI is InChI=1S/C13H19N/c1-8-12(9-2)10(3)11(4)14-13(5,6)7/h1,9,14H,3-4H2,2,5-7H3/b12-9-. The lowest BCUT2D eigenvalue weighted by Gasteiger charge is -2.24. The molecule has 0 fully saturated rings. The van der Waals surface area contributed by atoms with Gasteiger partial charge in [0.05, 0.1) is 0 Å². The Labute approximate surface area is 87.6 Å². The zero-order valence-corrected chi connectivity index (χ0v) is 9.57. The van der Waals surface area contributed by atoms with Gasteiger partial charge in [-0.3, -0.25) is 0 Å². The molecule has 76 valence electrons. The van der Waals surface area contributed by atoms with Gasteiger partial charge in [0.25, 0.3) is 0 Å². The van der Waals surface area contributed by atoms with Gasteiger partial charge in [0.2, 0.25) is 0 Å². The Kier molecular flexibility index (Phi) is 4.24. The predicted octanol–water partition coefficient (Wildman–Crippen LogP) is 3.02. The van der Waals surface area contributed by atoms with Crippen LogP contribution in [0.15, 0.2) is 36.1 Å². The molecule has 0 aliphatic carbocycles. The summed E-state index contributed by atoms with van der Waals surface area (Å²) in [6.45, 7) is 15.9. The van der Waals surface area contributed by atoms with E-state index in [-0.39, 0.29) is 5.54 Å². The Balaban J connectivity index is 4.60. The van der Waals surface area contributed by atoms with Gasteiger partial charge in [-0.1, -0.05) is 25.2 Å². The molecule has 0 amide bonds. The lowest BCUT2D eigenvalue weighted by atomic mass is 10.0. The van der Waals surface area contributed by atoms with Gasteiger partial charge in [-0.2, -0.15) is 0 Å². The quantitative estimate of drug-likeness (QED) is 0.531. The molecule has 0 aliphatic heterocycles. The highest BCUT2D eigenvalue weighted by atomic mass is 15.0. The zero-order valence-electron chi connectivity index (χ0n) is 9.57. The van der Waals surface area contributed by atoms with Crippen molar-refractivity contribution in [2.24, 2.45) is 0 Å². The van der Waals surface area contributed by atoms with Gasteiger partial charge in [-0.05, 0) is 27.7 Å². The summed E-state index contributed by atoms with van der Waals surface area (Å²) in [6.07, 6.45) is 7.20. The number of hydrogen-bond donors (Lipinski definition) is 1. The topological polar surface area (TPSA) is 12.0 Å². The monoisotopic (exact) mass is 189 g/mol. The van der Waals surface area contributed by atoms with Crippen LogP contribution in [0.4, 0.5) is 0 Å². The summed E-state index contributed by atoms with van der Waals surface area (Å²) >= 11 is 0. The third-order valence-corrected chi connectivity index (χ3v) is 1.66. The molecule has 0 unspecified atom stereocenters. The number of rotatable bonds is 3. The minimum absolute atomic E-state index is 0.0204. The molecule has 0 aliphatic rings. The zero-order chi connectivity index (χ0) is 11.4. The largest absolute Gasteiger partial charge is 0.380 e. The van der Waals surface area contributed by atoms with Gasteiger partial charge in [-0.15, -0.1) is 6.42 Å². The summed E-state index contributed by atoms with van der Waals surface area (Å²) in [6, 6.07) is 0. The lowest BCUT2D eigenvalue weighted by molar-refractivity contribution is 0.478. The number of nitrogens with one attached hydrogen (secondary N) is 1. The summed E-state index contributed by atoms with van der Waals surface area (Å²) in [4.78, 5) is 0. The Morgan fingerprint density at radius 3 is 2.14 bits per heavy atom. The minimum Gasteiger partial charge on any atom is -0.380 e. The number of allylic oxidation sites excluding steroid dienone is 2. The normalized spacial score (nSPS) is 11.8. The number of hydrogen-bond acceptors (Lipinski definition) is 1. The summed E-state index contributed by atoms with van der Waals surface area (Å²) in [5.74, 6) is 2.58. The smallest absolute Gasteiger partial charge is 0.0351 e. The molecule has 1 nitrogen and oxygen atoms in total. The molecule has 0 rings (SSSR count). The van der Waals surface area contributed by atoms with Crippen molar-refractivity contribution in [3.63, 3.8) is 0 Å². The van der Waals surface area contributed by atoms with E-state index in [9.17, 15) is 0 Å². The first kappa shape index (κ1) is 12.6. The average Bonchev–Trinajstić information content (AvgIpc) is 2.03. The average molecular weight is 189 g/mol. The van der Waals surface area contributed by atoms with E-state index < -0.39 is 0 Å². The van der Waals surface area contributed by atoms with Gasteiger partial charge in [0, 0.05) is 22.4 Å². The van der Waals surface area contributed by atoms with E-state index in [1.54, 1.807) is 0 Å². The van der Waals surface area contributed by atoms with Crippen molar-refractivity contribution in [3.05, 3.63) is 36.1 Å². The Bertz CT molecular complexity index is 305. The molecule has 0 saturated heterocycles. The summed E-state index contributed by atoms with van der Waals surface area (Å²) < 4.78 is 0. The fraction of sp³-hybridized carbons (Fsp3) is 0.385. The highest BCUT2D eigenvalue weighted by molar-refractivity contribution is 5.51. The minimum atomic E-state index is -0.0204. The molecule has 0 saturated carbocycles. The van der Waals surface area contributed by atoms with Crippen molar-refractivity contribution in [2.75, 3.05) is 0 Å². The third kappa shape index (κ3) is 4.00. The molecule has 0 bridgehead atoms. The van der Waals surface area contributed by atoms with Crippen LogP contribution in [0.25, 0.3) is 0 Å². The lowest BCUT2D eigenvalue weighted by Crippen LogP contribution is -2.35. The highest BCUT2D eigenvalue weighted by Crippen LogP contribution is 2.15. The molecule has 0 heterocycles. The van der Waals surface area contributed by atoms with Crippen LogP contribution >= 0.6 is 0 Å². The fourth-order valence-electron chi connectivity index (χ4n) is 1.04. The van der Waals surface area contributed by atoms with Crippen molar-refractivity contribution in [1.29, 1.82) is 0 Å². The van der Waals surface area contributed by atoms with E-state index in [1.165, 1.54) is 0 Å². The first-order chi connectivity index (χ1) is 6.31. The van der Waals surface area contributed by atoms with Crippen molar-refractivity contribution >= 4 is 0 Å². The van der Waals surface area contributed by atoms with Gasteiger partial charge in [-0.25, -0.2) is 0 Å². The van der Waals surface area contributed by atoms with Crippen LogP contribution in [0.3, 0.4) is 0 Å². The summed E-state index contributed by atoms with van der Waals surface area (Å²) in [7, 11) is 0. The third-order valence-electron chi connectivity index (χ3n) is 1.66. The highest BCUT2D eigenvalue weighted by Gasteiger charge is 2.12. The molecular weight excluding hydrogens is 170 g/mol. The second-order valence-corrected chi connectivity index (χ2v) is 4.18. The van der Waals surface area contributed by atoms with Gasteiger partial charge in [0.15, 0.2) is 0 Å². The van der Waals surface area contributed by atoms with E-state index in [1.807, 2.05) is 13.0 Å². The molecule has 0 radical (unpaired) electrons. The van der Waals surface area contributed by atoms with Crippen LogP contribution in [0.1, 0.15) is 27.7 Å². The maximum Gasteiger partial charge on any atom is 0.0351 e. The molecule has 1 N–H and O–H groups in total. The molecule has 1 heteroatoms. The fourth-order valence-corrected chi connectivity index (χ4v) is 1.04. The van der Waals surface area contributed by atoms with Gasteiger partial charge in [0.1, 0.15) is 0 Å². The maximum absolute atomic E-state index is 5.34. The Hall–Kier alpha value is -1.42. The van der Waals surface area contributed by atoms with Crippen LogP contribution < -0.4 is 5.32 Å². The molecule has 0 atom stereocenters. The van der Waals surface area contributed by atoms with E-state index in [0.29, 0.717) is 0 Å². The molecule has 0 aromatic heterocycles. The van der Waals surface area contributed by atoms with E-state index >= 15 is 0 Å². The van der Waals surface area contributed by atoms with Crippen molar-refractivity contribution in [2.45, 2.75) is 33.2 Å². The molecule has 0 aromatic rings. The molecule has 14 heavy (non-hydrogen) atoms. The number of terminal acetylenes is 1. The summed E-state index contributed by atoms with van der Waals surface area (Å²) in [5.41, 5.74) is 2.33. The second kappa shape index (κ2) is 4.72. The van der Waals surface area contributed by atoms with Crippen LogP contribution in [0, 0.1) is 12.3 Å². The van der Waals surface area contributed by atoms with Crippen LogP contribution in [-0.2, 0) is 0 Å².